The second kappa shape index (κ2) is 2.67. The number of alkyl halides is 1. The van der Waals surface area contributed by atoms with Crippen molar-refractivity contribution in [2.24, 2.45) is 5.92 Å². The predicted octanol–water partition coefficient (Wildman–Crippen LogP) is 2.55. The number of hydrogen-bond acceptors (Lipinski definition) is 0. The summed E-state index contributed by atoms with van der Waals surface area (Å²) in [6.45, 7) is 2.23. The molecule has 0 saturated heterocycles. The van der Waals surface area contributed by atoms with Gasteiger partial charge in [-0.05, 0) is 5.92 Å². The van der Waals surface area contributed by atoms with Gasteiger partial charge in [0.1, 0.15) is 0 Å². The van der Waals surface area contributed by atoms with E-state index in [1.807, 2.05) is 0 Å². The van der Waals surface area contributed by atoms with Crippen molar-refractivity contribution in [2.45, 2.75) is 10.8 Å². The number of hydrogen-bond donors (Lipinski definition) is 0. The van der Waals surface area contributed by atoms with E-state index >= 15 is 0 Å². The average molecular weight is 220 g/mol. The Morgan fingerprint density at radius 1 is 1.25 bits per heavy atom. The fourth-order valence-electron chi connectivity index (χ4n) is 0.691. The normalized spacial score (nSPS) is 35.8. The first kappa shape index (κ1) is 6.33. The van der Waals surface area contributed by atoms with Crippen molar-refractivity contribution in [3.63, 3.8) is 0 Å². The summed E-state index contributed by atoms with van der Waals surface area (Å²) in [6, 6.07) is 0. The molecule has 0 unspecified atom stereocenters. The first-order chi connectivity index (χ1) is 3.80. The fourth-order valence-corrected chi connectivity index (χ4v) is 1.17. The zero-order chi connectivity index (χ0) is 5.98. The second-order valence-electron chi connectivity index (χ2n) is 2.07. The highest BCUT2D eigenvalue weighted by molar-refractivity contribution is 14.1. The summed E-state index contributed by atoms with van der Waals surface area (Å²) >= 11 is 2.44. The lowest BCUT2D eigenvalue weighted by molar-refractivity contribution is 0.773. The number of allylic oxidation sites excluding steroid dienone is 4. The third-order valence-electron chi connectivity index (χ3n) is 1.32. The van der Waals surface area contributed by atoms with E-state index in [-0.39, 0.29) is 0 Å². The van der Waals surface area contributed by atoms with Gasteiger partial charge >= 0.3 is 0 Å². The van der Waals surface area contributed by atoms with Crippen molar-refractivity contribution < 1.29 is 0 Å². The minimum atomic E-state index is 0.706. The van der Waals surface area contributed by atoms with Crippen molar-refractivity contribution in [1.29, 1.82) is 0 Å². The molecule has 1 aliphatic carbocycles. The molecule has 0 aromatic heterocycles. The van der Waals surface area contributed by atoms with E-state index in [1.165, 1.54) is 0 Å². The van der Waals surface area contributed by atoms with Crippen molar-refractivity contribution in [3.05, 3.63) is 24.3 Å². The summed E-state index contributed by atoms with van der Waals surface area (Å²) in [5.41, 5.74) is 0. The Balaban J connectivity index is 2.59. The minimum absolute atomic E-state index is 0.706. The summed E-state index contributed by atoms with van der Waals surface area (Å²) in [4.78, 5) is 0. The summed E-state index contributed by atoms with van der Waals surface area (Å²) < 4.78 is 0.706. The van der Waals surface area contributed by atoms with Crippen LogP contribution < -0.4 is 0 Å². The van der Waals surface area contributed by atoms with Gasteiger partial charge in [-0.3, -0.25) is 0 Å². The Hall–Kier alpha value is 0.210. The van der Waals surface area contributed by atoms with Crippen molar-refractivity contribution in [2.75, 3.05) is 0 Å². The molecule has 0 aromatic rings. The Kier molecular flexibility index (Phi) is 2.11. The molecule has 0 N–H and O–H groups in total. The Morgan fingerprint density at radius 3 is 2.25 bits per heavy atom. The number of rotatable bonds is 0. The first-order valence-corrected chi connectivity index (χ1v) is 4.04. The van der Waals surface area contributed by atoms with E-state index in [2.05, 4.69) is 53.8 Å². The van der Waals surface area contributed by atoms with E-state index < -0.39 is 0 Å². The topological polar surface area (TPSA) is 0 Å². The highest BCUT2D eigenvalue weighted by atomic mass is 127. The smallest absolute Gasteiger partial charge is 0.0352 e. The summed E-state index contributed by atoms with van der Waals surface area (Å²) in [5.74, 6) is 0.723. The molecule has 0 aliphatic heterocycles. The van der Waals surface area contributed by atoms with Gasteiger partial charge < -0.3 is 0 Å². The third-order valence-corrected chi connectivity index (χ3v) is 2.87. The Morgan fingerprint density at radius 2 is 1.88 bits per heavy atom. The maximum atomic E-state index is 2.44. The van der Waals surface area contributed by atoms with Crippen LogP contribution in [0.5, 0.6) is 0 Å². The van der Waals surface area contributed by atoms with E-state index in [9.17, 15) is 0 Å². The summed E-state index contributed by atoms with van der Waals surface area (Å²) in [5, 5.41) is 0. The van der Waals surface area contributed by atoms with E-state index in [1.54, 1.807) is 0 Å². The third kappa shape index (κ3) is 1.34. The number of halogens is 1. The van der Waals surface area contributed by atoms with Crippen LogP contribution in [0.4, 0.5) is 0 Å². The Bertz CT molecular complexity index is 108. The molecule has 1 heteroatoms. The van der Waals surface area contributed by atoms with Crippen LogP contribution in [0.15, 0.2) is 24.3 Å². The molecule has 0 nitrogen and oxygen atoms in total. The molecule has 0 aromatic carbocycles. The molecule has 1 rings (SSSR count). The quantitative estimate of drug-likeness (QED) is 0.434. The van der Waals surface area contributed by atoms with Gasteiger partial charge in [0.25, 0.3) is 0 Å². The van der Waals surface area contributed by atoms with Gasteiger partial charge in [-0.15, -0.1) is 0 Å². The summed E-state index contributed by atoms with van der Waals surface area (Å²) in [6.07, 6.45) is 8.68. The van der Waals surface area contributed by atoms with Crippen LogP contribution in [0, 0.1) is 5.92 Å². The zero-order valence-electron chi connectivity index (χ0n) is 4.84. The molecule has 0 bridgehead atoms. The van der Waals surface area contributed by atoms with Crippen LogP contribution >= 0.6 is 22.6 Å². The molecular formula is C7H9I. The van der Waals surface area contributed by atoms with Crippen molar-refractivity contribution in [1.82, 2.24) is 0 Å². The van der Waals surface area contributed by atoms with E-state index in [0.717, 1.165) is 5.92 Å². The molecular weight excluding hydrogens is 211 g/mol. The lowest BCUT2D eigenvalue weighted by Crippen LogP contribution is -2.06. The molecule has 0 radical (unpaired) electrons. The molecule has 0 saturated carbocycles. The highest BCUT2D eigenvalue weighted by Gasteiger charge is 2.07. The SMILES string of the molecule is C[C@H]1C=CC=C[C@H]1I. The van der Waals surface area contributed by atoms with E-state index in [0.29, 0.717) is 3.92 Å². The largest absolute Gasteiger partial charge is 0.0803 e. The van der Waals surface area contributed by atoms with Crippen LogP contribution in [-0.2, 0) is 0 Å². The zero-order valence-corrected chi connectivity index (χ0v) is 7.00. The Labute approximate surface area is 63.8 Å². The van der Waals surface area contributed by atoms with Gasteiger partial charge in [0, 0.05) is 3.92 Å². The van der Waals surface area contributed by atoms with Crippen LogP contribution in [0.1, 0.15) is 6.92 Å². The van der Waals surface area contributed by atoms with E-state index in [4.69, 9.17) is 0 Å². The van der Waals surface area contributed by atoms with Gasteiger partial charge in [-0.1, -0.05) is 53.8 Å². The second-order valence-corrected chi connectivity index (χ2v) is 3.51. The first-order valence-electron chi connectivity index (χ1n) is 2.80. The average Bonchev–Trinajstić information content (AvgIpc) is 1.77. The van der Waals surface area contributed by atoms with Crippen LogP contribution in [0.2, 0.25) is 0 Å². The van der Waals surface area contributed by atoms with Crippen molar-refractivity contribution in [3.8, 4) is 0 Å². The van der Waals surface area contributed by atoms with Gasteiger partial charge in [0.05, 0.1) is 0 Å². The van der Waals surface area contributed by atoms with Crippen LogP contribution in [0.25, 0.3) is 0 Å². The van der Waals surface area contributed by atoms with Gasteiger partial charge in [0.2, 0.25) is 0 Å². The predicted molar refractivity (Wildman–Crippen MR) is 45.3 cm³/mol. The molecule has 0 heterocycles. The fraction of sp³-hybridized carbons (Fsp3) is 0.429. The van der Waals surface area contributed by atoms with Gasteiger partial charge in [-0.25, -0.2) is 0 Å². The standard InChI is InChI=1S/C7H9I/c1-6-4-2-3-5-7(6)8/h2-7H,1H3/t6-,7+/m0/s1. The summed E-state index contributed by atoms with van der Waals surface area (Å²) in [7, 11) is 0. The maximum Gasteiger partial charge on any atom is 0.0352 e. The molecule has 0 amide bonds. The lowest BCUT2D eigenvalue weighted by atomic mass is 10.0. The lowest BCUT2D eigenvalue weighted by Gasteiger charge is -2.11. The maximum absolute atomic E-state index is 2.44. The monoisotopic (exact) mass is 220 g/mol. The van der Waals surface area contributed by atoms with Crippen LogP contribution in [0.3, 0.4) is 0 Å². The minimum Gasteiger partial charge on any atom is -0.0803 e. The van der Waals surface area contributed by atoms with Gasteiger partial charge in [0.15, 0.2) is 0 Å². The van der Waals surface area contributed by atoms with Crippen molar-refractivity contribution >= 4 is 22.6 Å². The molecule has 0 spiro atoms. The van der Waals surface area contributed by atoms with Crippen LogP contribution in [-0.4, -0.2) is 3.92 Å². The molecule has 44 valence electrons. The highest BCUT2D eigenvalue weighted by Crippen LogP contribution is 2.18. The molecule has 1 aliphatic rings. The molecule has 2 atom stereocenters. The van der Waals surface area contributed by atoms with Gasteiger partial charge in [-0.2, -0.15) is 0 Å². The molecule has 0 fully saturated rings. The molecule has 8 heavy (non-hydrogen) atoms.